The Bertz CT molecular complexity index is 809. The molecule has 142 valence electrons. The molecule has 4 heteroatoms. The molecule has 4 rings (SSSR count). The zero-order valence-electron chi connectivity index (χ0n) is 16.0. The van der Waals surface area contributed by atoms with E-state index < -0.39 is 11.7 Å². The van der Waals surface area contributed by atoms with Gasteiger partial charge in [0.2, 0.25) is 0 Å². The molecule has 0 saturated heterocycles. The van der Waals surface area contributed by atoms with Crippen LogP contribution >= 0.6 is 0 Å². The lowest BCUT2D eigenvalue weighted by molar-refractivity contribution is -0.123. The lowest BCUT2D eigenvalue weighted by Gasteiger charge is -2.49. The molecule has 0 aromatic heterocycles. The monoisotopic (exact) mass is 365 g/mol. The van der Waals surface area contributed by atoms with Crippen LogP contribution in [-0.4, -0.2) is 30.0 Å². The predicted molar refractivity (Wildman–Crippen MR) is 106 cm³/mol. The second-order valence-corrected chi connectivity index (χ2v) is 8.45. The van der Waals surface area contributed by atoms with E-state index >= 15 is 0 Å². The van der Waals surface area contributed by atoms with Crippen LogP contribution in [0.1, 0.15) is 50.2 Å². The van der Waals surface area contributed by atoms with Crippen molar-refractivity contribution in [3.05, 3.63) is 59.7 Å². The first-order valence-corrected chi connectivity index (χ1v) is 9.73. The Morgan fingerprint density at radius 2 is 1.67 bits per heavy atom. The van der Waals surface area contributed by atoms with Gasteiger partial charge in [-0.25, -0.2) is 4.79 Å². The maximum absolute atomic E-state index is 12.3. The molecule has 1 saturated carbocycles. The molecule has 0 bridgehead atoms. The molecule has 2 N–H and O–H groups in total. The topological polar surface area (TPSA) is 58.6 Å². The lowest BCUT2D eigenvalue weighted by atomic mass is 9.63. The third-order valence-corrected chi connectivity index (χ3v) is 6.46. The summed E-state index contributed by atoms with van der Waals surface area (Å²) in [5.74, 6) is 0.0620. The van der Waals surface area contributed by atoms with Gasteiger partial charge in [-0.2, -0.15) is 0 Å². The maximum Gasteiger partial charge on any atom is 0.407 e. The van der Waals surface area contributed by atoms with E-state index in [4.69, 9.17) is 4.74 Å². The molecule has 4 nitrogen and oxygen atoms in total. The van der Waals surface area contributed by atoms with Crippen molar-refractivity contribution in [3.8, 4) is 11.1 Å². The van der Waals surface area contributed by atoms with Crippen molar-refractivity contribution < 1.29 is 14.6 Å². The number of nitrogens with one attached hydrogen (secondary N) is 1. The number of ether oxygens (including phenoxy) is 1. The van der Waals surface area contributed by atoms with Crippen LogP contribution in [0.2, 0.25) is 0 Å². The molecule has 27 heavy (non-hydrogen) atoms. The second-order valence-electron chi connectivity index (χ2n) is 8.45. The number of amides is 1. The third kappa shape index (κ3) is 3.12. The molecular weight excluding hydrogens is 338 g/mol. The lowest BCUT2D eigenvalue weighted by Crippen LogP contribution is -2.55. The van der Waals surface area contributed by atoms with Gasteiger partial charge in [0.25, 0.3) is 0 Å². The Morgan fingerprint density at radius 3 is 2.19 bits per heavy atom. The van der Waals surface area contributed by atoms with Gasteiger partial charge in [-0.1, -0.05) is 62.4 Å². The van der Waals surface area contributed by atoms with Crippen molar-refractivity contribution in [1.82, 2.24) is 5.32 Å². The van der Waals surface area contributed by atoms with Crippen LogP contribution < -0.4 is 5.32 Å². The van der Waals surface area contributed by atoms with Gasteiger partial charge in [0.1, 0.15) is 6.61 Å². The van der Waals surface area contributed by atoms with Gasteiger partial charge in [-0.3, -0.25) is 0 Å². The van der Waals surface area contributed by atoms with Crippen molar-refractivity contribution in [3.63, 3.8) is 0 Å². The summed E-state index contributed by atoms with van der Waals surface area (Å²) in [6.45, 7) is 4.70. The molecule has 0 radical (unpaired) electrons. The van der Waals surface area contributed by atoms with E-state index in [1.54, 1.807) is 0 Å². The van der Waals surface area contributed by atoms with Crippen molar-refractivity contribution >= 4 is 6.09 Å². The number of hydrogen-bond donors (Lipinski definition) is 2. The average molecular weight is 365 g/mol. The summed E-state index contributed by atoms with van der Waals surface area (Å²) < 4.78 is 5.57. The molecule has 0 unspecified atom stereocenters. The van der Waals surface area contributed by atoms with Gasteiger partial charge in [-0.05, 0) is 41.5 Å². The Hall–Kier alpha value is -2.33. The van der Waals surface area contributed by atoms with Crippen molar-refractivity contribution in [1.29, 1.82) is 0 Å². The summed E-state index contributed by atoms with van der Waals surface area (Å²) in [6.07, 6.45) is 2.22. The molecule has 2 aromatic rings. The fraction of sp³-hybridized carbons (Fsp3) is 0.435. The normalized spacial score (nSPS) is 17.6. The molecule has 1 fully saturated rings. The minimum Gasteiger partial charge on any atom is -0.449 e. The Kier molecular flexibility index (Phi) is 4.47. The first-order valence-electron chi connectivity index (χ1n) is 9.73. The van der Waals surface area contributed by atoms with Gasteiger partial charge >= 0.3 is 6.09 Å². The van der Waals surface area contributed by atoms with E-state index in [0.717, 1.165) is 19.3 Å². The predicted octanol–water partition coefficient (Wildman–Crippen LogP) is 4.47. The van der Waals surface area contributed by atoms with Gasteiger partial charge in [-0.15, -0.1) is 0 Å². The fourth-order valence-electron chi connectivity index (χ4n) is 4.30. The molecule has 0 aliphatic heterocycles. The molecule has 2 aliphatic carbocycles. The number of benzene rings is 2. The zero-order valence-corrected chi connectivity index (χ0v) is 16.0. The van der Waals surface area contributed by atoms with Crippen molar-refractivity contribution in [2.24, 2.45) is 5.41 Å². The second kappa shape index (κ2) is 6.68. The van der Waals surface area contributed by atoms with Crippen molar-refractivity contribution in [2.75, 3.05) is 13.2 Å². The minimum atomic E-state index is -0.677. The van der Waals surface area contributed by atoms with Crippen LogP contribution in [0, 0.1) is 5.41 Å². The summed E-state index contributed by atoms with van der Waals surface area (Å²) in [7, 11) is 0. The van der Waals surface area contributed by atoms with Crippen molar-refractivity contribution in [2.45, 2.75) is 44.6 Å². The number of alkyl carbamates (subject to hydrolysis) is 1. The van der Waals surface area contributed by atoms with Crippen LogP contribution in [0.4, 0.5) is 4.79 Å². The Morgan fingerprint density at radius 1 is 1.11 bits per heavy atom. The number of carbonyl (C=O) groups is 1. The minimum absolute atomic E-state index is 0.0620. The summed E-state index contributed by atoms with van der Waals surface area (Å²) in [5, 5.41) is 13.4. The first kappa shape index (κ1) is 18.1. The highest BCUT2D eigenvalue weighted by molar-refractivity contribution is 5.79. The van der Waals surface area contributed by atoms with E-state index in [-0.39, 0.29) is 11.3 Å². The Labute approximate surface area is 160 Å². The molecular formula is C23H27NO3. The summed E-state index contributed by atoms with van der Waals surface area (Å²) in [4.78, 5) is 12.3. The SMILES string of the molecule is CC(C)(CNC(=O)OCC1c2ccccc2-c2ccccc21)C1(O)CCC1. The van der Waals surface area contributed by atoms with E-state index in [0.29, 0.717) is 13.2 Å². The van der Waals surface area contributed by atoms with Gasteiger partial charge in [0, 0.05) is 17.9 Å². The van der Waals surface area contributed by atoms with Crippen LogP contribution in [0.5, 0.6) is 0 Å². The highest BCUT2D eigenvalue weighted by Crippen LogP contribution is 2.46. The number of rotatable bonds is 5. The average Bonchev–Trinajstić information content (AvgIpc) is 2.97. The number of aliphatic hydroxyl groups is 1. The van der Waals surface area contributed by atoms with Crippen LogP contribution in [0.3, 0.4) is 0 Å². The van der Waals surface area contributed by atoms with Crippen LogP contribution in [0.25, 0.3) is 11.1 Å². The number of fused-ring (bicyclic) bond motifs is 3. The smallest absolute Gasteiger partial charge is 0.407 e. The standard InChI is InChI=1S/C23H27NO3/c1-22(2,23(26)12-7-13-23)15-24-21(25)27-14-20-18-10-5-3-8-16(18)17-9-4-6-11-19(17)20/h3-6,8-11,20,26H,7,12-15H2,1-2H3,(H,24,25). The maximum atomic E-state index is 12.3. The van der Waals surface area contributed by atoms with E-state index in [1.165, 1.54) is 22.3 Å². The quantitative estimate of drug-likeness (QED) is 0.822. The number of hydrogen-bond acceptors (Lipinski definition) is 3. The highest BCUT2D eigenvalue weighted by Gasteiger charge is 2.47. The molecule has 0 atom stereocenters. The van der Waals surface area contributed by atoms with E-state index in [1.807, 2.05) is 38.1 Å². The van der Waals surface area contributed by atoms with Crippen LogP contribution in [-0.2, 0) is 4.74 Å². The molecule has 1 amide bonds. The molecule has 2 aromatic carbocycles. The largest absolute Gasteiger partial charge is 0.449 e. The molecule has 2 aliphatic rings. The molecule has 0 heterocycles. The Balaban J connectivity index is 1.40. The van der Waals surface area contributed by atoms with Gasteiger partial charge in [0.05, 0.1) is 5.60 Å². The summed E-state index contributed by atoms with van der Waals surface area (Å²) >= 11 is 0. The van der Waals surface area contributed by atoms with Gasteiger partial charge in [0.15, 0.2) is 0 Å². The zero-order chi connectivity index (χ0) is 19.1. The number of carbonyl (C=O) groups excluding carboxylic acids is 1. The van der Waals surface area contributed by atoms with Gasteiger partial charge < -0.3 is 15.2 Å². The summed E-state index contributed by atoms with van der Waals surface area (Å²) in [5.41, 5.74) is 3.80. The third-order valence-electron chi connectivity index (χ3n) is 6.46. The summed E-state index contributed by atoms with van der Waals surface area (Å²) in [6, 6.07) is 16.6. The highest BCUT2D eigenvalue weighted by atomic mass is 16.5. The van der Waals surface area contributed by atoms with Crippen LogP contribution in [0.15, 0.2) is 48.5 Å². The van der Waals surface area contributed by atoms with E-state index in [2.05, 4.69) is 29.6 Å². The molecule has 0 spiro atoms. The van der Waals surface area contributed by atoms with E-state index in [9.17, 15) is 9.90 Å². The fourth-order valence-corrected chi connectivity index (χ4v) is 4.30. The first-order chi connectivity index (χ1) is 12.9.